The van der Waals surface area contributed by atoms with E-state index in [-0.39, 0.29) is 38.6 Å². The summed E-state index contributed by atoms with van der Waals surface area (Å²) in [5.74, 6) is -6.68. The van der Waals surface area contributed by atoms with Crippen molar-refractivity contribution in [3.63, 3.8) is 0 Å². The Morgan fingerprint density at radius 2 is 1.83 bits per heavy atom. The molecule has 15 heteroatoms. The fourth-order valence-corrected chi connectivity index (χ4v) is 4.32. The third-order valence-electron chi connectivity index (χ3n) is 6.37. The Balaban J connectivity index is 2.32. The van der Waals surface area contributed by atoms with Crippen LogP contribution in [-0.4, -0.2) is 66.8 Å². The quantitative estimate of drug-likeness (QED) is 0.269. The van der Waals surface area contributed by atoms with Crippen molar-refractivity contribution in [2.24, 2.45) is 17.6 Å². The molecule has 0 aromatic rings. The summed E-state index contributed by atoms with van der Waals surface area (Å²) in [6, 6.07) is 0. The zero-order chi connectivity index (χ0) is 26.7. The molecule has 200 valence electrons. The number of carbonyl (C=O) groups excluding carboxylic acids is 4. The summed E-state index contributed by atoms with van der Waals surface area (Å²) in [6.45, 7) is -0.619. The van der Waals surface area contributed by atoms with Crippen molar-refractivity contribution in [2.75, 3.05) is 19.7 Å². The van der Waals surface area contributed by atoms with Crippen molar-refractivity contribution in [2.45, 2.75) is 69.1 Å². The monoisotopic (exact) mass is 518 g/mol. The van der Waals surface area contributed by atoms with Crippen LogP contribution in [0.3, 0.4) is 0 Å². The summed E-state index contributed by atoms with van der Waals surface area (Å²) < 4.78 is 80.8. The number of rotatable bonds is 13. The maximum Gasteiger partial charge on any atom is 0.522 e. The highest BCUT2D eigenvalue weighted by Crippen LogP contribution is 2.48. The van der Waals surface area contributed by atoms with Gasteiger partial charge in [0.2, 0.25) is 17.7 Å². The molecule has 1 aliphatic carbocycles. The van der Waals surface area contributed by atoms with Crippen molar-refractivity contribution >= 4 is 23.5 Å². The Hall–Kier alpha value is -2.42. The van der Waals surface area contributed by atoms with E-state index in [0.717, 1.165) is 0 Å². The molecule has 2 rings (SSSR count). The van der Waals surface area contributed by atoms with Gasteiger partial charge >= 0.3 is 12.5 Å². The first-order chi connectivity index (χ1) is 16.1. The van der Waals surface area contributed by atoms with Crippen LogP contribution in [-0.2, 0) is 23.9 Å². The standard InChI is InChI=1S/C20H28F6N4O5/c1-2-4-18(16(27)34,30-14(32)9-29-17(5-6-17)19(21,22)23)12(8-11-3-7-28-15(11)33)13(31)10-35-20(24,25)26/h11-12,29H,2-10H2,1H3,(H2,27,34)(H,28,33)(H,30,32)/t11-,12-,18?/m1/s1. The van der Waals surface area contributed by atoms with Gasteiger partial charge in [-0.2, -0.15) is 13.2 Å². The summed E-state index contributed by atoms with van der Waals surface area (Å²) >= 11 is 0. The van der Waals surface area contributed by atoms with E-state index in [2.05, 4.69) is 20.7 Å². The molecule has 5 N–H and O–H groups in total. The molecule has 0 spiro atoms. The van der Waals surface area contributed by atoms with Gasteiger partial charge in [-0.1, -0.05) is 13.3 Å². The zero-order valence-corrected chi connectivity index (χ0v) is 18.9. The Kier molecular flexibility index (Phi) is 8.79. The molecule has 0 bridgehead atoms. The maximum atomic E-state index is 13.2. The first-order valence-corrected chi connectivity index (χ1v) is 11.0. The molecule has 2 aliphatic rings. The molecule has 1 aliphatic heterocycles. The maximum absolute atomic E-state index is 13.2. The molecule has 0 aromatic carbocycles. The Bertz CT molecular complexity index is 830. The number of hydrogen-bond acceptors (Lipinski definition) is 6. The van der Waals surface area contributed by atoms with Gasteiger partial charge in [0.1, 0.15) is 17.7 Å². The molecule has 1 unspecified atom stereocenters. The molecule has 3 amide bonds. The average Bonchev–Trinajstić information content (AvgIpc) is 3.44. The first kappa shape index (κ1) is 28.8. The molecule has 2 fully saturated rings. The highest BCUT2D eigenvalue weighted by atomic mass is 19.4. The van der Waals surface area contributed by atoms with Gasteiger partial charge in [-0.3, -0.25) is 29.2 Å². The Morgan fingerprint density at radius 1 is 1.20 bits per heavy atom. The largest absolute Gasteiger partial charge is 0.522 e. The Labute approximate surface area is 196 Å². The van der Waals surface area contributed by atoms with Crippen LogP contribution >= 0.6 is 0 Å². The summed E-state index contributed by atoms with van der Waals surface area (Å²) in [7, 11) is 0. The Morgan fingerprint density at radius 3 is 2.26 bits per heavy atom. The van der Waals surface area contributed by atoms with Crippen LogP contribution in [0.15, 0.2) is 0 Å². The summed E-state index contributed by atoms with van der Waals surface area (Å²) in [5, 5.41) is 6.81. The summed E-state index contributed by atoms with van der Waals surface area (Å²) in [4.78, 5) is 50.2. The number of halogens is 6. The molecule has 0 aromatic heterocycles. The summed E-state index contributed by atoms with van der Waals surface area (Å²) in [6.07, 6.45) is -10.7. The van der Waals surface area contributed by atoms with E-state index in [9.17, 15) is 45.5 Å². The van der Waals surface area contributed by atoms with Crippen LogP contribution in [0.25, 0.3) is 0 Å². The predicted octanol–water partition coefficient (Wildman–Crippen LogP) is 1.06. The van der Waals surface area contributed by atoms with Gasteiger partial charge in [0.25, 0.3) is 0 Å². The SMILES string of the molecule is CCCC(NC(=O)CNC1(C(F)(F)F)CC1)(C(N)=O)[C@H](C[C@H]1CCNC1=O)C(=O)COC(F)(F)F. The molecular weight excluding hydrogens is 490 g/mol. The van der Waals surface area contributed by atoms with E-state index in [1.807, 2.05) is 0 Å². The van der Waals surface area contributed by atoms with E-state index in [1.54, 1.807) is 6.92 Å². The molecular formula is C20H28F6N4O5. The number of amides is 3. The topological polar surface area (TPSA) is 140 Å². The fourth-order valence-electron chi connectivity index (χ4n) is 4.32. The lowest BCUT2D eigenvalue weighted by atomic mass is 9.72. The van der Waals surface area contributed by atoms with Crippen molar-refractivity contribution in [1.82, 2.24) is 16.0 Å². The van der Waals surface area contributed by atoms with Crippen molar-refractivity contribution in [3.05, 3.63) is 0 Å². The third kappa shape index (κ3) is 7.06. The van der Waals surface area contributed by atoms with Crippen LogP contribution < -0.4 is 21.7 Å². The third-order valence-corrected chi connectivity index (χ3v) is 6.37. The lowest BCUT2D eigenvalue weighted by molar-refractivity contribution is -0.321. The number of ketones is 1. The second-order valence-electron chi connectivity index (χ2n) is 8.83. The van der Waals surface area contributed by atoms with E-state index in [1.165, 1.54) is 0 Å². The number of nitrogens with one attached hydrogen (secondary N) is 3. The molecule has 1 heterocycles. The van der Waals surface area contributed by atoms with Crippen LogP contribution in [0.2, 0.25) is 0 Å². The van der Waals surface area contributed by atoms with Gasteiger partial charge in [-0.05, 0) is 32.1 Å². The van der Waals surface area contributed by atoms with Crippen LogP contribution in [0.1, 0.15) is 45.4 Å². The van der Waals surface area contributed by atoms with Crippen LogP contribution in [0, 0.1) is 11.8 Å². The molecule has 3 atom stereocenters. The van der Waals surface area contributed by atoms with Gasteiger partial charge in [0.05, 0.1) is 12.5 Å². The van der Waals surface area contributed by atoms with Crippen molar-refractivity contribution < 1.29 is 50.3 Å². The molecule has 35 heavy (non-hydrogen) atoms. The number of ether oxygens (including phenoxy) is 1. The lowest BCUT2D eigenvalue weighted by Crippen LogP contribution is -2.65. The second-order valence-corrected chi connectivity index (χ2v) is 8.83. The van der Waals surface area contributed by atoms with Gasteiger partial charge in [-0.25, -0.2) is 0 Å². The van der Waals surface area contributed by atoms with Crippen molar-refractivity contribution in [1.29, 1.82) is 0 Å². The molecule has 0 radical (unpaired) electrons. The van der Waals surface area contributed by atoms with E-state index in [0.29, 0.717) is 0 Å². The van der Waals surface area contributed by atoms with E-state index >= 15 is 0 Å². The highest BCUT2D eigenvalue weighted by Gasteiger charge is 2.63. The van der Waals surface area contributed by atoms with Gasteiger partial charge in [0, 0.05) is 12.5 Å². The summed E-state index contributed by atoms with van der Waals surface area (Å²) in [5.41, 5.74) is 1.03. The predicted molar refractivity (Wildman–Crippen MR) is 107 cm³/mol. The number of hydrogen-bond donors (Lipinski definition) is 4. The van der Waals surface area contributed by atoms with Gasteiger partial charge < -0.3 is 16.4 Å². The first-order valence-electron chi connectivity index (χ1n) is 11.0. The number of Topliss-reactive ketones (excluding diaryl/α,β-unsaturated/α-hetero) is 1. The fraction of sp³-hybridized carbons (Fsp3) is 0.800. The highest BCUT2D eigenvalue weighted by molar-refractivity contribution is 5.98. The average molecular weight is 518 g/mol. The minimum Gasteiger partial charge on any atom is -0.368 e. The van der Waals surface area contributed by atoms with Crippen molar-refractivity contribution in [3.8, 4) is 0 Å². The minimum atomic E-state index is -5.17. The molecule has 1 saturated carbocycles. The van der Waals surface area contributed by atoms with Crippen LogP contribution in [0.4, 0.5) is 26.3 Å². The number of carbonyl (C=O) groups is 4. The van der Waals surface area contributed by atoms with E-state index < -0.39 is 78.5 Å². The van der Waals surface area contributed by atoms with Gasteiger partial charge in [-0.15, -0.1) is 13.2 Å². The number of nitrogens with two attached hydrogens (primary N) is 1. The second kappa shape index (κ2) is 10.7. The molecule has 9 nitrogen and oxygen atoms in total. The smallest absolute Gasteiger partial charge is 0.368 e. The zero-order valence-electron chi connectivity index (χ0n) is 18.9. The lowest BCUT2D eigenvalue weighted by Gasteiger charge is -2.39. The number of primary amides is 1. The van der Waals surface area contributed by atoms with Gasteiger partial charge in [0.15, 0.2) is 5.78 Å². The van der Waals surface area contributed by atoms with Crippen LogP contribution in [0.5, 0.6) is 0 Å². The normalized spacial score (nSPS) is 22.1. The number of alkyl halides is 6. The van der Waals surface area contributed by atoms with E-state index in [4.69, 9.17) is 5.73 Å². The minimum absolute atomic E-state index is 0.115. The molecule has 1 saturated heterocycles.